The fourth-order valence-electron chi connectivity index (χ4n) is 3.27. The Labute approximate surface area is 168 Å². The molecule has 5 nitrogen and oxygen atoms in total. The number of hydrogen-bond acceptors (Lipinski definition) is 4. The van der Waals surface area contributed by atoms with Gasteiger partial charge < -0.3 is 5.32 Å². The maximum Gasteiger partial charge on any atom is 0.263 e. The van der Waals surface area contributed by atoms with Gasteiger partial charge in [-0.25, -0.2) is 0 Å². The first kappa shape index (κ1) is 18.2. The Morgan fingerprint density at radius 3 is 2.55 bits per heavy atom. The zero-order valence-corrected chi connectivity index (χ0v) is 15.8. The molecule has 0 aliphatic heterocycles. The van der Waals surface area contributed by atoms with Gasteiger partial charge in [0.25, 0.3) is 5.56 Å². The molecule has 0 radical (unpaired) electrons. The first-order valence-electron chi connectivity index (χ1n) is 9.17. The number of nitrogens with zero attached hydrogens (tertiary/aromatic N) is 3. The van der Waals surface area contributed by atoms with Crippen LogP contribution >= 0.6 is 0 Å². The van der Waals surface area contributed by atoms with Gasteiger partial charge in [-0.3, -0.25) is 14.3 Å². The minimum absolute atomic E-state index is 0.194. The third-order valence-electron chi connectivity index (χ3n) is 4.73. The van der Waals surface area contributed by atoms with Crippen molar-refractivity contribution in [3.8, 4) is 34.1 Å². The Hall–Kier alpha value is -4.17. The summed E-state index contributed by atoms with van der Waals surface area (Å²) in [6.07, 6.45) is 3.51. The molecule has 2 heterocycles. The van der Waals surface area contributed by atoms with Gasteiger partial charge in [-0.05, 0) is 42.5 Å². The van der Waals surface area contributed by atoms with E-state index in [-0.39, 0.29) is 5.56 Å². The number of nitrogens with one attached hydrogen (secondary N) is 1. The maximum absolute atomic E-state index is 13.4. The normalized spacial score (nSPS) is 10.3. The summed E-state index contributed by atoms with van der Waals surface area (Å²) in [6, 6.07) is 24.4. The molecule has 0 unspecified atom stereocenters. The molecular weight excluding hydrogens is 360 g/mol. The van der Waals surface area contributed by atoms with Crippen LogP contribution < -0.4 is 10.9 Å². The number of benzene rings is 2. The van der Waals surface area contributed by atoms with E-state index in [1.165, 1.54) is 0 Å². The lowest BCUT2D eigenvalue weighted by Crippen LogP contribution is -2.20. The van der Waals surface area contributed by atoms with Gasteiger partial charge in [0.1, 0.15) is 0 Å². The third-order valence-corrected chi connectivity index (χ3v) is 4.73. The van der Waals surface area contributed by atoms with E-state index in [0.29, 0.717) is 16.7 Å². The number of nitriles is 1. The summed E-state index contributed by atoms with van der Waals surface area (Å²) in [6.45, 7) is 0. The highest BCUT2D eigenvalue weighted by Crippen LogP contribution is 2.26. The van der Waals surface area contributed by atoms with Crippen LogP contribution in [0.1, 0.15) is 5.56 Å². The van der Waals surface area contributed by atoms with E-state index in [9.17, 15) is 10.1 Å². The molecule has 2 aromatic heterocycles. The summed E-state index contributed by atoms with van der Waals surface area (Å²) < 4.78 is 1.61. The van der Waals surface area contributed by atoms with E-state index >= 15 is 0 Å². The predicted molar refractivity (Wildman–Crippen MR) is 115 cm³/mol. The predicted octanol–water partition coefficient (Wildman–Crippen LogP) is 4.48. The van der Waals surface area contributed by atoms with Gasteiger partial charge in [-0.1, -0.05) is 30.3 Å². The lowest BCUT2D eigenvalue weighted by molar-refractivity contribution is 0.993. The summed E-state index contributed by atoms with van der Waals surface area (Å²) in [7, 11) is 1.83. The minimum atomic E-state index is -0.194. The van der Waals surface area contributed by atoms with Crippen LogP contribution in [0.5, 0.6) is 0 Å². The number of anilines is 1. The van der Waals surface area contributed by atoms with Crippen molar-refractivity contribution in [1.29, 1.82) is 5.26 Å². The van der Waals surface area contributed by atoms with E-state index in [4.69, 9.17) is 0 Å². The van der Waals surface area contributed by atoms with E-state index in [1.54, 1.807) is 41.2 Å². The monoisotopic (exact) mass is 378 g/mol. The van der Waals surface area contributed by atoms with Gasteiger partial charge in [0.2, 0.25) is 0 Å². The Kier molecular flexibility index (Phi) is 4.91. The molecule has 0 saturated carbocycles. The van der Waals surface area contributed by atoms with Crippen LogP contribution in [0.15, 0.2) is 90.0 Å². The molecule has 0 bridgehead atoms. The first-order valence-corrected chi connectivity index (χ1v) is 9.17. The second kappa shape index (κ2) is 7.83. The smallest absolute Gasteiger partial charge is 0.263 e. The summed E-state index contributed by atoms with van der Waals surface area (Å²) in [5.74, 6) is 0. The van der Waals surface area contributed by atoms with E-state index in [0.717, 1.165) is 22.6 Å². The second-order valence-electron chi connectivity index (χ2n) is 6.49. The van der Waals surface area contributed by atoms with Crippen LogP contribution in [0, 0.1) is 11.3 Å². The Balaban J connectivity index is 2.03. The molecule has 0 aliphatic carbocycles. The molecule has 4 aromatic rings. The van der Waals surface area contributed by atoms with Crippen molar-refractivity contribution in [2.75, 3.05) is 12.4 Å². The minimum Gasteiger partial charge on any atom is -0.388 e. The summed E-state index contributed by atoms with van der Waals surface area (Å²) in [4.78, 5) is 17.9. The van der Waals surface area contributed by atoms with Gasteiger partial charge in [0.05, 0.1) is 23.0 Å². The quantitative estimate of drug-likeness (QED) is 0.568. The molecule has 4 rings (SSSR count). The average Bonchev–Trinajstić information content (AvgIpc) is 2.80. The molecule has 2 aromatic carbocycles. The van der Waals surface area contributed by atoms with Crippen LogP contribution in [0.25, 0.3) is 28.1 Å². The van der Waals surface area contributed by atoms with Crippen LogP contribution in [0.2, 0.25) is 0 Å². The summed E-state index contributed by atoms with van der Waals surface area (Å²) in [5.41, 5.74) is 4.51. The topological polar surface area (TPSA) is 70.7 Å². The van der Waals surface area contributed by atoms with Crippen molar-refractivity contribution < 1.29 is 0 Å². The Bertz CT molecular complexity index is 1270. The standard InChI is InChI=1S/C24H18N4O/c1-26-19-8-6-9-20(14-19)28-16-18(23-11-4-5-12-27-23)13-22(24(28)29)21-10-3-2-7-17(21)15-25/h2-14,16,26H,1H3. The highest BCUT2D eigenvalue weighted by molar-refractivity contribution is 5.75. The number of aromatic nitrogens is 2. The van der Waals surface area contributed by atoms with Gasteiger partial charge in [-0.15, -0.1) is 0 Å². The number of rotatable bonds is 4. The molecule has 29 heavy (non-hydrogen) atoms. The second-order valence-corrected chi connectivity index (χ2v) is 6.49. The number of hydrogen-bond donors (Lipinski definition) is 1. The summed E-state index contributed by atoms with van der Waals surface area (Å²) in [5, 5.41) is 12.6. The van der Waals surface area contributed by atoms with Crippen LogP contribution in [0.3, 0.4) is 0 Å². The zero-order chi connectivity index (χ0) is 20.2. The van der Waals surface area contributed by atoms with Crippen molar-refractivity contribution in [2.45, 2.75) is 0 Å². The molecule has 0 saturated heterocycles. The highest BCUT2D eigenvalue weighted by Gasteiger charge is 2.15. The third kappa shape index (κ3) is 3.52. The van der Waals surface area contributed by atoms with E-state index in [1.807, 2.05) is 55.6 Å². The lowest BCUT2D eigenvalue weighted by Gasteiger charge is -2.14. The summed E-state index contributed by atoms with van der Waals surface area (Å²) >= 11 is 0. The van der Waals surface area contributed by atoms with Crippen LogP contribution in [0.4, 0.5) is 5.69 Å². The van der Waals surface area contributed by atoms with E-state index < -0.39 is 0 Å². The molecule has 0 aliphatic rings. The molecule has 140 valence electrons. The van der Waals surface area contributed by atoms with Crippen LogP contribution in [-0.4, -0.2) is 16.6 Å². The SMILES string of the molecule is CNc1cccc(-n2cc(-c3ccccn3)cc(-c3ccccc3C#N)c2=O)c1. The van der Waals surface area contributed by atoms with E-state index in [2.05, 4.69) is 16.4 Å². The Morgan fingerprint density at radius 1 is 0.966 bits per heavy atom. The van der Waals surface area contributed by atoms with Crippen molar-refractivity contribution in [3.05, 3.63) is 101 Å². The molecule has 0 fully saturated rings. The fraction of sp³-hybridized carbons (Fsp3) is 0.0417. The molecule has 5 heteroatoms. The molecule has 0 amide bonds. The first-order chi connectivity index (χ1) is 14.2. The zero-order valence-electron chi connectivity index (χ0n) is 15.8. The van der Waals surface area contributed by atoms with Gasteiger partial charge in [0.15, 0.2) is 0 Å². The van der Waals surface area contributed by atoms with Crippen molar-refractivity contribution in [1.82, 2.24) is 9.55 Å². The number of pyridine rings is 2. The average molecular weight is 378 g/mol. The molecule has 0 atom stereocenters. The maximum atomic E-state index is 13.4. The molecule has 0 spiro atoms. The van der Waals surface area contributed by atoms with Crippen molar-refractivity contribution >= 4 is 5.69 Å². The van der Waals surface area contributed by atoms with Gasteiger partial charge in [0, 0.05) is 41.8 Å². The molecule has 1 N–H and O–H groups in total. The van der Waals surface area contributed by atoms with Gasteiger partial charge in [-0.2, -0.15) is 5.26 Å². The van der Waals surface area contributed by atoms with Gasteiger partial charge >= 0.3 is 0 Å². The van der Waals surface area contributed by atoms with Crippen molar-refractivity contribution in [2.24, 2.45) is 0 Å². The molecular formula is C24H18N4O. The van der Waals surface area contributed by atoms with Crippen molar-refractivity contribution in [3.63, 3.8) is 0 Å². The largest absolute Gasteiger partial charge is 0.388 e. The van der Waals surface area contributed by atoms with Crippen LogP contribution in [-0.2, 0) is 0 Å². The highest BCUT2D eigenvalue weighted by atomic mass is 16.1. The Morgan fingerprint density at radius 2 is 1.79 bits per heavy atom. The fourth-order valence-corrected chi connectivity index (χ4v) is 3.27. The lowest BCUT2D eigenvalue weighted by atomic mass is 9.99.